The van der Waals surface area contributed by atoms with Crippen LogP contribution in [0, 0.1) is 0 Å². The van der Waals surface area contributed by atoms with Gasteiger partial charge in [-0.15, -0.1) is 0 Å². The number of carbonyl (C=O) groups is 1. The zero-order valence-electron chi connectivity index (χ0n) is 10.6. The summed E-state index contributed by atoms with van der Waals surface area (Å²) in [5, 5.41) is 12.7. The molecule has 19 heavy (non-hydrogen) atoms. The summed E-state index contributed by atoms with van der Waals surface area (Å²) in [6.07, 6.45) is 1.33. The molecule has 0 aliphatic heterocycles. The standard InChI is InChI=1S/C14H16BrNO3/c1-2-11(5-6-17)16-14(18)13-8-9-7-10(15)3-4-12(9)19-13/h3-4,7-8,11,17H,2,5-6H2,1H3,(H,16,18). The van der Waals surface area contributed by atoms with Crippen LogP contribution in [0.15, 0.2) is 33.2 Å². The number of amides is 1. The lowest BCUT2D eigenvalue weighted by Gasteiger charge is -2.14. The Morgan fingerprint density at radius 2 is 2.26 bits per heavy atom. The number of benzene rings is 1. The second kappa shape index (κ2) is 6.21. The maximum absolute atomic E-state index is 12.0. The van der Waals surface area contributed by atoms with Gasteiger partial charge in [0.05, 0.1) is 0 Å². The zero-order chi connectivity index (χ0) is 13.8. The van der Waals surface area contributed by atoms with Crippen LogP contribution in [0.3, 0.4) is 0 Å². The third-order valence-electron chi connectivity index (χ3n) is 3.01. The summed E-state index contributed by atoms with van der Waals surface area (Å²) in [7, 11) is 0. The van der Waals surface area contributed by atoms with E-state index < -0.39 is 0 Å². The summed E-state index contributed by atoms with van der Waals surface area (Å²) in [6.45, 7) is 2.03. The quantitative estimate of drug-likeness (QED) is 0.887. The minimum atomic E-state index is -0.243. The Balaban J connectivity index is 2.17. The van der Waals surface area contributed by atoms with Crippen molar-refractivity contribution in [2.45, 2.75) is 25.8 Å². The third kappa shape index (κ3) is 3.36. The molecule has 2 rings (SSSR count). The maximum Gasteiger partial charge on any atom is 0.287 e. The number of aliphatic hydroxyl groups excluding tert-OH is 1. The van der Waals surface area contributed by atoms with Gasteiger partial charge in [-0.3, -0.25) is 4.79 Å². The average molecular weight is 326 g/mol. The number of rotatable bonds is 5. The molecule has 0 spiro atoms. The van der Waals surface area contributed by atoms with Crippen molar-refractivity contribution in [3.63, 3.8) is 0 Å². The lowest BCUT2D eigenvalue weighted by Crippen LogP contribution is -2.34. The minimum absolute atomic E-state index is 0.0301. The van der Waals surface area contributed by atoms with Crippen LogP contribution < -0.4 is 5.32 Å². The number of aliphatic hydroxyl groups is 1. The first-order chi connectivity index (χ1) is 9.13. The van der Waals surface area contributed by atoms with E-state index in [4.69, 9.17) is 9.52 Å². The van der Waals surface area contributed by atoms with Crippen molar-refractivity contribution in [2.24, 2.45) is 0 Å². The molecule has 102 valence electrons. The average Bonchev–Trinajstić information content (AvgIpc) is 2.81. The molecule has 0 fully saturated rings. The number of carbonyl (C=O) groups excluding carboxylic acids is 1. The predicted molar refractivity (Wildman–Crippen MR) is 77.2 cm³/mol. The third-order valence-corrected chi connectivity index (χ3v) is 3.50. The molecule has 1 aromatic heterocycles. The number of nitrogens with one attached hydrogen (secondary N) is 1. The van der Waals surface area contributed by atoms with Gasteiger partial charge in [0.1, 0.15) is 5.58 Å². The van der Waals surface area contributed by atoms with Crippen molar-refractivity contribution in [3.8, 4) is 0 Å². The number of hydrogen-bond acceptors (Lipinski definition) is 3. The number of halogens is 1. The molecule has 1 unspecified atom stereocenters. The highest BCUT2D eigenvalue weighted by molar-refractivity contribution is 9.10. The molecule has 5 heteroatoms. The summed E-state index contributed by atoms with van der Waals surface area (Å²) < 4.78 is 6.46. The summed E-state index contributed by atoms with van der Waals surface area (Å²) in [4.78, 5) is 12.0. The lowest BCUT2D eigenvalue weighted by atomic mass is 10.1. The van der Waals surface area contributed by atoms with Crippen LogP contribution in [-0.4, -0.2) is 23.7 Å². The topological polar surface area (TPSA) is 62.5 Å². The fourth-order valence-corrected chi connectivity index (χ4v) is 2.30. The Morgan fingerprint density at radius 1 is 1.47 bits per heavy atom. The van der Waals surface area contributed by atoms with E-state index in [2.05, 4.69) is 21.2 Å². The van der Waals surface area contributed by atoms with Crippen molar-refractivity contribution < 1.29 is 14.3 Å². The number of hydrogen-bond donors (Lipinski definition) is 2. The highest BCUT2D eigenvalue weighted by Crippen LogP contribution is 2.23. The van der Waals surface area contributed by atoms with E-state index in [9.17, 15) is 4.79 Å². The zero-order valence-corrected chi connectivity index (χ0v) is 12.2. The molecule has 1 heterocycles. The molecule has 2 aromatic rings. The summed E-state index contributed by atoms with van der Waals surface area (Å²) in [5.74, 6) is 0.0529. The van der Waals surface area contributed by atoms with Crippen molar-refractivity contribution >= 4 is 32.8 Å². The normalized spacial score (nSPS) is 12.6. The Morgan fingerprint density at radius 3 is 2.95 bits per heavy atom. The summed E-state index contributed by atoms with van der Waals surface area (Å²) in [5.41, 5.74) is 0.684. The van der Waals surface area contributed by atoms with Gasteiger partial charge in [0.15, 0.2) is 5.76 Å². The van der Waals surface area contributed by atoms with E-state index >= 15 is 0 Å². The highest BCUT2D eigenvalue weighted by Gasteiger charge is 2.15. The Kier molecular flexibility index (Phi) is 4.61. The van der Waals surface area contributed by atoms with Gasteiger partial charge in [-0.05, 0) is 37.1 Å². The van der Waals surface area contributed by atoms with Crippen LogP contribution in [0.2, 0.25) is 0 Å². The van der Waals surface area contributed by atoms with Gasteiger partial charge in [-0.1, -0.05) is 22.9 Å². The summed E-state index contributed by atoms with van der Waals surface area (Å²) >= 11 is 3.38. The van der Waals surface area contributed by atoms with Crippen LogP contribution in [-0.2, 0) is 0 Å². The van der Waals surface area contributed by atoms with Crippen LogP contribution in [0.5, 0.6) is 0 Å². The lowest BCUT2D eigenvalue weighted by molar-refractivity contribution is 0.0903. The van der Waals surface area contributed by atoms with E-state index in [1.54, 1.807) is 6.07 Å². The van der Waals surface area contributed by atoms with Crippen LogP contribution in [0.4, 0.5) is 0 Å². The largest absolute Gasteiger partial charge is 0.451 e. The van der Waals surface area contributed by atoms with Gasteiger partial charge in [0, 0.05) is 22.5 Å². The molecule has 0 saturated carbocycles. The second-order valence-electron chi connectivity index (χ2n) is 4.38. The molecule has 0 bridgehead atoms. The Hall–Kier alpha value is -1.33. The predicted octanol–water partition coefficient (Wildman–Crippen LogP) is 3.09. The van der Waals surface area contributed by atoms with Gasteiger partial charge in [0.2, 0.25) is 0 Å². The Labute approximate surface area is 119 Å². The molecule has 1 aromatic carbocycles. The van der Waals surface area contributed by atoms with Gasteiger partial charge >= 0.3 is 0 Å². The van der Waals surface area contributed by atoms with Crippen molar-refractivity contribution in [2.75, 3.05) is 6.61 Å². The monoisotopic (exact) mass is 325 g/mol. The van der Waals surface area contributed by atoms with Gasteiger partial charge in [-0.2, -0.15) is 0 Å². The van der Waals surface area contributed by atoms with Crippen LogP contribution in [0.25, 0.3) is 11.0 Å². The number of fused-ring (bicyclic) bond motifs is 1. The van der Waals surface area contributed by atoms with Gasteiger partial charge in [-0.25, -0.2) is 0 Å². The van der Waals surface area contributed by atoms with E-state index in [-0.39, 0.29) is 18.6 Å². The van der Waals surface area contributed by atoms with Crippen molar-refractivity contribution in [1.82, 2.24) is 5.32 Å². The van der Waals surface area contributed by atoms with Crippen molar-refractivity contribution in [1.29, 1.82) is 0 Å². The summed E-state index contributed by atoms with van der Waals surface area (Å²) in [6, 6.07) is 7.29. The van der Waals surface area contributed by atoms with E-state index in [0.717, 1.165) is 16.3 Å². The molecule has 0 saturated heterocycles. The molecule has 1 atom stereocenters. The SMILES string of the molecule is CCC(CCO)NC(=O)c1cc2cc(Br)ccc2o1. The van der Waals surface area contributed by atoms with E-state index in [1.165, 1.54) is 0 Å². The molecule has 2 N–H and O–H groups in total. The van der Waals surface area contributed by atoms with E-state index in [0.29, 0.717) is 17.8 Å². The Bertz CT molecular complexity index is 579. The fraction of sp³-hybridized carbons (Fsp3) is 0.357. The molecular formula is C14H16BrNO3. The molecular weight excluding hydrogens is 310 g/mol. The first kappa shape index (κ1) is 14.1. The number of furan rings is 1. The minimum Gasteiger partial charge on any atom is -0.451 e. The highest BCUT2D eigenvalue weighted by atomic mass is 79.9. The fourth-order valence-electron chi connectivity index (χ4n) is 1.92. The first-order valence-corrected chi connectivity index (χ1v) is 7.04. The molecule has 4 nitrogen and oxygen atoms in total. The smallest absolute Gasteiger partial charge is 0.287 e. The molecule has 1 amide bonds. The van der Waals surface area contributed by atoms with Crippen molar-refractivity contribution in [3.05, 3.63) is 34.5 Å². The molecule has 0 radical (unpaired) electrons. The van der Waals surface area contributed by atoms with Crippen LogP contribution in [0.1, 0.15) is 30.3 Å². The van der Waals surface area contributed by atoms with Gasteiger partial charge in [0.25, 0.3) is 5.91 Å². The molecule has 0 aliphatic rings. The second-order valence-corrected chi connectivity index (χ2v) is 5.30. The van der Waals surface area contributed by atoms with Gasteiger partial charge < -0.3 is 14.8 Å². The maximum atomic E-state index is 12.0. The van der Waals surface area contributed by atoms with Crippen LogP contribution >= 0.6 is 15.9 Å². The first-order valence-electron chi connectivity index (χ1n) is 6.25. The van der Waals surface area contributed by atoms with E-state index in [1.807, 2.05) is 25.1 Å². The molecule has 0 aliphatic carbocycles.